The number of hydrogen-bond acceptors (Lipinski definition) is 3. The van der Waals surface area contributed by atoms with Gasteiger partial charge in [-0.2, -0.15) is 0 Å². The van der Waals surface area contributed by atoms with Crippen molar-refractivity contribution in [1.29, 1.82) is 0 Å². The average Bonchev–Trinajstić information content (AvgIpc) is 2.47. The summed E-state index contributed by atoms with van der Waals surface area (Å²) in [4.78, 5) is 35.4. The normalized spacial score (nSPS) is 10.5. The molecule has 0 saturated heterocycles. The van der Waals surface area contributed by atoms with Crippen LogP contribution in [-0.4, -0.2) is 14.9 Å². The molecule has 0 aromatic carbocycles. The van der Waals surface area contributed by atoms with Crippen molar-refractivity contribution < 1.29 is 4.79 Å². The summed E-state index contributed by atoms with van der Waals surface area (Å²) in [5.74, 6) is -0.200. The number of pyridine rings is 2. The highest BCUT2D eigenvalue weighted by Gasteiger charge is 2.11. The largest absolute Gasteiger partial charge is 0.315 e. The molecule has 2 aromatic heterocycles. The van der Waals surface area contributed by atoms with Crippen LogP contribution in [0.4, 0.5) is 0 Å². The fourth-order valence-electron chi connectivity index (χ4n) is 1.99. The molecule has 20 heavy (non-hydrogen) atoms. The number of rotatable bonds is 4. The lowest BCUT2D eigenvalue weighted by atomic mass is 10.1. The predicted octanol–water partition coefficient (Wildman–Crippen LogP) is 1.28. The fraction of sp³-hybridized carbons (Fsp3) is 0.267. The first kappa shape index (κ1) is 14.0. The van der Waals surface area contributed by atoms with Crippen LogP contribution in [0.15, 0.2) is 46.2 Å². The Labute approximate surface area is 116 Å². The van der Waals surface area contributed by atoms with Crippen LogP contribution in [0, 0.1) is 0 Å². The monoisotopic (exact) mass is 272 g/mol. The Kier molecular flexibility index (Phi) is 3.98. The fourth-order valence-corrected chi connectivity index (χ4v) is 1.99. The van der Waals surface area contributed by atoms with Crippen LogP contribution in [0.1, 0.15) is 29.8 Å². The zero-order valence-corrected chi connectivity index (χ0v) is 11.5. The van der Waals surface area contributed by atoms with Gasteiger partial charge in [-0.15, -0.1) is 0 Å². The molecule has 2 rings (SSSR count). The van der Waals surface area contributed by atoms with Crippen molar-refractivity contribution in [2.45, 2.75) is 26.9 Å². The number of ketones is 1. The standard InChI is InChI=1S/C15H16N2O3/c1-3-16-9-11(5-7-13(16)18)15(20)12-6-8-14(19)17(4-2)10-12/h5-10H,3-4H2,1-2H3. The second-order valence-corrected chi connectivity index (χ2v) is 4.41. The van der Waals surface area contributed by atoms with Crippen LogP contribution in [0.3, 0.4) is 0 Å². The van der Waals surface area contributed by atoms with Crippen molar-refractivity contribution in [3.8, 4) is 0 Å². The first-order valence-electron chi connectivity index (χ1n) is 6.52. The Morgan fingerprint density at radius 3 is 1.60 bits per heavy atom. The van der Waals surface area contributed by atoms with E-state index < -0.39 is 0 Å². The van der Waals surface area contributed by atoms with Gasteiger partial charge in [0.25, 0.3) is 11.1 Å². The van der Waals surface area contributed by atoms with Gasteiger partial charge in [0.15, 0.2) is 5.78 Å². The SMILES string of the molecule is CCn1cc(C(=O)c2ccc(=O)n(CC)c2)ccc1=O. The molecular formula is C15H16N2O3. The lowest BCUT2D eigenvalue weighted by molar-refractivity contribution is 0.103. The van der Waals surface area contributed by atoms with Crippen molar-refractivity contribution in [3.05, 3.63) is 68.5 Å². The Morgan fingerprint density at radius 1 is 0.850 bits per heavy atom. The zero-order valence-electron chi connectivity index (χ0n) is 11.5. The Bertz CT molecular complexity index is 693. The van der Waals surface area contributed by atoms with E-state index >= 15 is 0 Å². The van der Waals surface area contributed by atoms with Gasteiger partial charge in [-0.05, 0) is 26.0 Å². The number of aryl methyl sites for hydroxylation is 2. The molecule has 0 radical (unpaired) electrons. The van der Waals surface area contributed by atoms with E-state index in [0.29, 0.717) is 24.2 Å². The minimum absolute atomic E-state index is 0.137. The molecule has 5 heteroatoms. The van der Waals surface area contributed by atoms with E-state index in [4.69, 9.17) is 0 Å². The summed E-state index contributed by atoms with van der Waals surface area (Å²) in [7, 11) is 0. The van der Waals surface area contributed by atoms with E-state index in [0.717, 1.165) is 0 Å². The number of carbonyl (C=O) groups excluding carboxylic acids is 1. The number of carbonyl (C=O) groups is 1. The van der Waals surface area contributed by atoms with Crippen LogP contribution in [0.25, 0.3) is 0 Å². The maximum Gasteiger partial charge on any atom is 0.250 e. The van der Waals surface area contributed by atoms with Gasteiger partial charge in [0.05, 0.1) is 0 Å². The number of aromatic nitrogens is 2. The lowest BCUT2D eigenvalue weighted by Crippen LogP contribution is -2.21. The molecule has 0 fully saturated rings. The van der Waals surface area contributed by atoms with Gasteiger partial charge in [0.1, 0.15) is 0 Å². The van der Waals surface area contributed by atoms with Crippen LogP contribution in [-0.2, 0) is 13.1 Å². The molecule has 0 spiro atoms. The summed E-state index contributed by atoms with van der Waals surface area (Å²) in [6.45, 7) is 4.70. The van der Waals surface area contributed by atoms with E-state index in [1.165, 1.54) is 33.4 Å². The molecule has 0 aliphatic rings. The van der Waals surface area contributed by atoms with Crippen LogP contribution in [0.5, 0.6) is 0 Å². The predicted molar refractivity (Wildman–Crippen MR) is 76.2 cm³/mol. The highest BCUT2D eigenvalue weighted by molar-refractivity contribution is 6.08. The summed E-state index contributed by atoms with van der Waals surface area (Å²) in [5.41, 5.74) is 0.602. The van der Waals surface area contributed by atoms with Crippen molar-refractivity contribution >= 4 is 5.78 Å². The van der Waals surface area contributed by atoms with E-state index in [2.05, 4.69) is 0 Å². The molecule has 0 bridgehead atoms. The van der Waals surface area contributed by atoms with Gasteiger partial charge in [-0.25, -0.2) is 0 Å². The Hall–Kier alpha value is -2.43. The van der Waals surface area contributed by atoms with Gasteiger partial charge in [-0.3, -0.25) is 14.4 Å². The number of nitrogens with zero attached hydrogens (tertiary/aromatic N) is 2. The molecule has 104 valence electrons. The second-order valence-electron chi connectivity index (χ2n) is 4.41. The lowest BCUT2D eigenvalue weighted by Gasteiger charge is -2.07. The van der Waals surface area contributed by atoms with Crippen LogP contribution >= 0.6 is 0 Å². The third-order valence-electron chi connectivity index (χ3n) is 3.17. The minimum Gasteiger partial charge on any atom is -0.315 e. The van der Waals surface area contributed by atoms with Gasteiger partial charge >= 0.3 is 0 Å². The summed E-state index contributed by atoms with van der Waals surface area (Å²) in [6.07, 6.45) is 3.10. The van der Waals surface area contributed by atoms with Gasteiger partial charge in [0, 0.05) is 48.7 Å². The van der Waals surface area contributed by atoms with Crippen LogP contribution in [0.2, 0.25) is 0 Å². The van der Waals surface area contributed by atoms with Gasteiger partial charge in [0.2, 0.25) is 0 Å². The Morgan fingerprint density at radius 2 is 1.25 bits per heavy atom. The molecular weight excluding hydrogens is 256 g/mol. The minimum atomic E-state index is -0.200. The smallest absolute Gasteiger partial charge is 0.250 e. The van der Waals surface area contributed by atoms with Crippen molar-refractivity contribution in [3.63, 3.8) is 0 Å². The first-order chi connectivity index (χ1) is 9.56. The molecule has 0 saturated carbocycles. The summed E-state index contributed by atoms with van der Waals surface area (Å²) in [6, 6.07) is 5.79. The first-order valence-corrected chi connectivity index (χ1v) is 6.52. The van der Waals surface area contributed by atoms with Gasteiger partial charge in [-0.1, -0.05) is 0 Å². The molecule has 0 atom stereocenters. The second kappa shape index (κ2) is 5.69. The highest BCUT2D eigenvalue weighted by Crippen LogP contribution is 2.07. The van der Waals surface area contributed by atoms with E-state index in [1.54, 1.807) is 12.4 Å². The van der Waals surface area contributed by atoms with E-state index in [1.807, 2.05) is 13.8 Å². The quantitative estimate of drug-likeness (QED) is 0.788. The molecule has 0 N–H and O–H groups in total. The average molecular weight is 272 g/mol. The maximum absolute atomic E-state index is 12.4. The molecule has 0 aliphatic carbocycles. The molecule has 2 heterocycles. The van der Waals surface area contributed by atoms with E-state index in [-0.39, 0.29) is 16.9 Å². The third-order valence-corrected chi connectivity index (χ3v) is 3.17. The Balaban J connectivity index is 2.46. The maximum atomic E-state index is 12.4. The molecule has 5 nitrogen and oxygen atoms in total. The van der Waals surface area contributed by atoms with Gasteiger partial charge < -0.3 is 9.13 Å². The molecule has 0 aliphatic heterocycles. The summed E-state index contributed by atoms with van der Waals surface area (Å²) >= 11 is 0. The number of hydrogen-bond donors (Lipinski definition) is 0. The molecule has 0 unspecified atom stereocenters. The topological polar surface area (TPSA) is 61.1 Å². The van der Waals surface area contributed by atoms with E-state index in [9.17, 15) is 14.4 Å². The third kappa shape index (κ3) is 2.61. The molecule has 0 amide bonds. The highest BCUT2D eigenvalue weighted by atomic mass is 16.1. The summed E-state index contributed by atoms with van der Waals surface area (Å²) < 4.78 is 2.95. The summed E-state index contributed by atoms with van der Waals surface area (Å²) in [5, 5.41) is 0. The van der Waals surface area contributed by atoms with Crippen molar-refractivity contribution in [2.75, 3.05) is 0 Å². The molecule has 2 aromatic rings. The van der Waals surface area contributed by atoms with Crippen molar-refractivity contribution in [1.82, 2.24) is 9.13 Å². The zero-order chi connectivity index (χ0) is 14.7. The van der Waals surface area contributed by atoms with Crippen molar-refractivity contribution in [2.24, 2.45) is 0 Å². The van der Waals surface area contributed by atoms with Crippen LogP contribution < -0.4 is 11.1 Å².